The number of hydrogen-bond acceptors (Lipinski definition) is 3. The number of esters is 1. The van der Waals surface area contributed by atoms with Crippen LogP contribution in [0.15, 0.2) is 16.6 Å². The standard InChI is InChI=1S/C10H10BrNO2/c1-14-10(13)8-4-6(11)5-9-7(8)2-3-12-9/h4-5,12H,2-3H2,1H3. The number of rotatable bonds is 1. The van der Waals surface area contributed by atoms with Crippen LogP contribution in [-0.4, -0.2) is 19.6 Å². The highest BCUT2D eigenvalue weighted by molar-refractivity contribution is 9.10. The Hall–Kier alpha value is -1.03. The van der Waals surface area contributed by atoms with Crippen LogP contribution in [0.2, 0.25) is 0 Å². The van der Waals surface area contributed by atoms with Crippen molar-refractivity contribution < 1.29 is 9.53 Å². The Kier molecular flexibility index (Phi) is 2.46. The van der Waals surface area contributed by atoms with E-state index in [0.29, 0.717) is 5.56 Å². The first-order valence-electron chi connectivity index (χ1n) is 4.37. The molecule has 2 rings (SSSR count). The van der Waals surface area contributed by atoms with Gasteiger partial charge in [-0.2, -0.15) is 0 Å². The van der Waals surface area contributed by atoms with E-state index in [1.165, 1.54) is 7.11 Å². The maximum absolute atomic E-state index is 11.5. The minimum atomic E-state index is -0.272. The number of nitrogens with one attached hydrogen (secondary N) is 1. The lowest BCUT2D eigenvalue weighted by molar-refractivity contribution is 0.0599. The van der Waals surface area contributed by atoms with E-state index in [1.54, 1.807) is 6.07 Å². The van der Waals surface area contributed by atoms with E-state index in [0.717, 1.165) is 28.7 Å². The van der Waals surface area contributed by atoms with Crippen LogP contribution >= 0.6 is 15.9 Å². The van der Waals surface area contributed by atoms with Gasteiger partial charge in [-0.3, -0.25) is 0 Å². The molecule has 4 heteroatoms. The van der Waals surface area contributed by atoms with Crippen LogP contribution in [0.1, 0.15) is 15.9 Å². The molecule has 0 bridgehead atoms. The van der Waals surface area contributed by atoms with Gasteiger partial charge in [0.25, 0.3) is 0 Å². The Morgan fingerprint density at radius 1 is 1.57 bits per heavy atom. The Morgan fingerprint density at radius 2 is 2.36 bits per heavy atom. The second-order valence-corrected chi connectivity index (χ2v) is 4.06. The molecule has 0 unspecified atom stereocenters. The molecule has 0 atom stereocenters. The summed E-state index contributed by atoms with van der Waals surface area (Å²) in [5, 5.41) is 3.22. The number of halogens is 1. The number of hydrogen-bond donors (Lipinski definition) is 1. The Bertz CT molecular complexity index is 390. The summed E-state index contributed by atoms with van der Waals surface area (Å²) in [6.45, 7) is 0.885. The molecule has 14 heavy (non-hydrogen) atoms. The molecule has 1 N–H and O–H groups in total. The summed E-state index contributed by atoms with van der Waals surface area (Å²) >= 11 is 3.37. The van der Waals surface area contributed by atoms with Crippen molar-refractivity contribution >= 4 is 27.6 Å². The van der Waals surface area contributed by atoms with Crippen LogP contribution in [0, 0.1) is 0 Å². The van der Waals surface area contributed by atoms with Crippen molar-refractivity contribution in [2.75, 3.05) is 19.0 Å². The molecular formula is C10H10BrNO2. The van der Waals surface area contributed by atoms with Crippen molar-refractivity contribution in [3.05, 3.63) is 27.7 Å². The second-order valence-electron chi connectivity index (χ2n) is 3.15. The average Bonchev–Trinajstić information content (AvgIpc) is 2.62. The summed E-state index contributed by atoms with van der Waals surface area (Å²) in [6, 6.07) is 3.78. The highest BCUT2D eigenvalue weighted by atomic mass is 79.9. The Morgan fingerprint density at radius 3 is 3.07 bits per heavy atom. The predicted molar refractivity (Wildman–Crippen MR) is 57.7 cm³/mol. The highest BCUT2D eigenvalue weighted by Crippen LogP contribution is 2.30. The zero-order chi connectivity index (χ0) is 10.1. The minimum Gasteiger partial charge on any atom is -0.465 e. The summed E-state index contributed by atoms with van der Waals surface area (Å²) in [5.74, 6) is -0.272. The van der Waals surface area contributed by atoms with Gasteiger partial charge in [0, 0.05) is 16.7 Å². The highest BCUT2D eigenvalue weighted by Gasteiger charge is 2.19. The molecule has 0 saturated carbocycles. The minimum absolute atomic E-state index is 0.272. The smallest absolute Gasteiger partial charge is 0.338 e. The number of ether oxygens (including phenoxy) is 1. The molecule has 3 nitrogen and oxygen atoms in total. The molecule has 74 valence electrons. The molecule has 1 aliphatic heterocycles. The van der Waals surface area contributed by atoms with Gasteiger partial charge in [-0.15, -0.1) is 0 Å². The van der Waals surface area contributed by atoms with Gasteiger partial charge in [-0.1, -0.05) is 15.9 Å². The Balaban J connectivity index is 2.54. The summed E-state index contributed by atoms with van der Waals surface area (Å²) in [7, 11) is 1.40. The van der Waals surface area contributed by atoms with Gasteiger partial charge in [0.05, 0.1) is 12.7 Å². The fourth-order valence-corrected chi connectivity index (χ4v) is 2.14. The zero-order valence-electron chi connectivity index (χ0n) is 7.76. The van der Waals surface area contributed by atoms with Crippen LogP contribution in [0.25, 0.3) is 0 Å². The predicted octanol–water partition coefficient (Wildman–Crippen LogP) is 2.20. The molecule has 1 aromatic rings. The maximum Gasteiger partial charge on any atom is 0.338 e. The third-order valence-electron chi connectivity index (χ3n) is 2.31. The van der Waals surface area contributed by atoms with Crippen molar-refractivity contribution in [3.8, 4) is 0 Å². The van der Waals surface area contributed by atoms with E-state index < -0.39 is 0 Å². The van der Waals surface area contributed by atoms with E-state index in [4.69, 9.17) is 4.74 Å². The molecule has 0 aliphatic carbocycles. The summed E-state index contributed by atoms with van der Waals surface area (Å²) in [6.07, 6.45) is 0.882. The first-order chi connectivity index (χ1) is 6.72. The molecule has 1 aliphatic rings. The lowest BCUT2D eigenvalue weighted by Crippen LogP contribution is -2.04. The molecule has 0 amide bonds. The van der Waals surface area contributed by atoms with Crippen LogP contribution in [0.3, 0.4) is 0 Å². The average molecular weight is 256 g/mol. The van der Waals surface area contributed by atoms with Crippen molar-refractivity contribution in [1.29, 1.82) is 0 Å². The number of methoxy groups -OCH3 is 1. The molecule has 0 fully saturated rings. The zero-order valence-corrected chi connectivity index (χ0v) is 9.35. The van der Waals surface area contributed by atoms with E-state index in [-0.39, 0.29) is 5.97 Å². The first-order valence-corrected chi connectivity index (χ1v) is 5.16. The van der Waals surface area contributed by atoms with Crippen LogP contribution in [0.4, 0.5) is 5.69 Å². The van der Waals surface area contributed by atoms with Crippen LogP contribution in [0.5, 0.6) is 0 Å². The lowest BCUT2D eigenvalue weighted by atomic mass is 10.1. The summed E-state index contributed by atoms with van der Waals surface area (Å²) in [5.41, 5.74) is 2.74. The van der Waals surface area contributed by atoms with Gasteiger partial charge in [-0.05, 0) is 24.1 Å². The van der Waals surface area contributed by atoms with Crippen molar-refractivity contribution in [3.63, 3.8) is 0 Å². The van der Waals surface area contributed by atoms with Crippen LogP contribution in [-0.2, 0) is 11.2 Å². The molecular weight excluding hydrogens is 246 g/mol. The van der Waals surface area contributed by atoms with Crippen molar-refractivity contribution in [1.82, 2.24) is 0 Å². The fourth-order valence-electron chi connectivity index (χ4n) is 1.68. The fraction of sp³-hybridized carbons (Fsp3) is 0.300. The normalized spacial score (nSPS) is 13.3. The number of benzene rings is 1. The van der Waals surface area contributed by atoms with Gasteiger partial charge < -0.3 is 10.1 Å². The third-order valence-corrected chi connectivity index (χ3v) is 2.77. The quantitative estimate of drug-likeness (QED) is 0.783. The molecule has 0 radical (unpaired) electrons. The van der Waals surface area contributed by atoms with Gasteiger partial charge in [0.1, 0.15) is 0 Å². The summed E-state index contributed by atoms with van der Waals surface area (Å²) < 4.78 is 5.62. The maximum atomic E-state index is 11.5. The van der Waals surface area contributed by atoms with Gasteiger partial charge in [0.2, 0.25) is 0 Å². The Labute approximate surface area is 90.6 Å². The van der Waals surface area contributed by atoms with Gasteiger partial charge >= 0.3 is 5.97 Å². The SMILES string of the molecule is COC(=O)c1cc(Br)cc2c1CCN2. The lowest BCUT2D eigenvalue weighted by Gasteiger charge is -2.06. The van der Waals surface area contributed by atoms with Crippen molar-refractivity contribution in [2.45, 2.75) is 6.42 Å². The molecule has 1 heterocycles. The van der Waals surface area contributed by atoms with E-state index in [9.17, 15) is 4.79 Å². The number of carbonyl (C=O) groups excluding carboxylic acids is 1. The molecule has 1 aromatic carbocycles. The number of carbonyl (C=O) groups is 1. The molecule has 0 saturated heterocycles. The largest absolute Gasteiger partial charge is 0.465 e. The molecule has 0 spiro atoms. The van der Waals surface area contributed by atoms with Gasteiger partial charge in [0.15, 0.2) is 0 Å². The topological polar surface area (TPSA) is 38.3 Å². The first kappa shape index (κ1) is 9.52. The van der Waals surface area contributed by atoms with E-state index in [2.05, 4.69) is 21.2 Å². The molecule has 0 aromatic heterocycles. The monoisotopic (exact) mass is 255 g/mol. The van der Waals surface area contributed by atoms with Gasteiger partial charge in [-0.25, -0.2) is 4.79 Å². The van der Waals surface area contributed by atoms with E-state index >= 15 is 0 Å². The second kappa shape index (κ2) is 3.61. The number of fused-ring (bicyclic) bond motifs is 1. The van der Waals surface area contributed by atoms with E-state index in [1.807, 2.05) is 6.07 Å². The van der Waals surface area contributed by atoms with Crippen molar-refractivity contribution in [2.24, 2.45) is 0 Å². The van der Waals surface area contributed by atoms with Crippen LogP contribution < -0.4 is 5.32 Å². The number of anilines is 1. The third kappa shape index (κ3) is 1.50. The summed E-state index contributed by atoms with van der Waals surface area (Å²) in [4.78, 5) is 11.5.